The number of rotatable bonds is 42. The van der Waals surface area contributed by atoms with Crippen LogP contribution in [0.2, 0.25) is 0 Å². The number of hydrogen-bond donors (Lipinski definition) is 0. The highest BCUT2D eigenvalue weighted by Crippen LogP contribution is 2.56. The van der Waals surface area contributed by atoms with Crippen molar-refractivity contribution >= 4 is 8.60 Å². The summed E-state index contributed by atoms with van der Waals surface area (Å²) in [7, 11) is -2.61. The van der Waals surface area contributed by atoms with E-state index in [9.17, 15) is 0 Å². The maximum absolute atomic E-state index is 8.06. The molecule has 0 atom stereocenters. The first kappa shape index (κ1) is 76.1. The Morgan fingerprint density at radius 2 is 0.350 bits per heavy atom. The Hall–Kier alpha value is -11.1. The van der Waals surface area contributed by atoms with Gasteiger partial charge in [0.1, 0.15) is 17.2 Å². The summed E-state index contributed by atoms with van der Waals surface area (Å²) in [5, 5.41) is 0. The molecular weight excluding hydrogens is 1270 g/mol. The first-order valence-corrected chi connectivity index (χ1v) is 36.7. The Morgan fingerprint density at radius 3 is 0.524 bits per heavy atom. The van der Waals surface area contributed by atoms with E-state index in [2.05, 4.69) is 244 Å². The number of hydrogen-bond acceptors (Lipinski definition) is 3. The highest BCUT2D eigenvalue weighted by Gasteiger charge is 2.33. The molecule has 518 valence electrons. The number of allylic oxidation sites excluding steroid dienone is 15. The van der Waals surface area contributed by atoms with Crippen LogP contribution in [-0.2, 0) is 96.3 Å². The van der Waals surface area contributed by atoms with Gasteiger partial charge >= 0.3 is 8.60 Å². The van der Waals surface area contributed by atoms with Gasteiger partial charge in [-0.1, -0.05) is 219 Å². The predicted octanol–water partition coefficient (Wildman–Crippen LogP) is 26.4. The smallest absolute Gasteiger partial charge is 0.408 e. The van der Waals surface area contributed by atoms with Crippen LogP contribution in [-0.4, -0.2) is 0 Å². The van der Waals surface area contributed by atoms with Crippen molar-refractivity contribution in [2.24, 2.45) is 0 Å². The van der Waals surface area contributed by atoms with Crippen molar-refractivity contribution in [3.05, 3.63) is 419 Å². The topological polar surface area (TPSA) is 27.7 Å². The summed E-state index contributed by atoms with van der Waals surface area (Å²) in [5.41, 5.74) is 28.2. The second-order valence-electron chi connectivity index (χ2n) is 25.8. The summed E-state index contributed by atoms with van der Waals surface area (Å²) < 4.78 is 24.2. The molecule has 0 fully saturated rings. The molecule has 9 rings (SSSR count). The van der Waals surface area contributed by atoms with Gasteiger partial charge in [-0.3, -0.25) is 0 Å². The molecule has 0 radical (unpaired) electrons. The summed E-state index contributed by atoms with van der Waals surface area (Å²) in [6, 6.07) is 53.1. The monoisotopic (exact) mass is 1370 g/mol. The zero-order valence-electron chi connectivity index (χ0n) is 60.4. The maximum Gasteiger partial charge on any atom is 0.530 e. The van der Waals surface area contributed by atoms with Crippen LogP contribution in [0.3, 0.4) is 0 Å². The molecule has 0 saturated carbocycles. The van der Waals surface area contributed by atoms with Crippen LogP contribution >= 0.6 is 8.60 Å². The van der Waals surface area contributed by atoms with Crippen molar-refractivity contribution in [3.63, 3.8) is 0 Å². The third kappa shape index (κ3) is 18.2. The zero-order chi connectivity index (χ0) is 73.2. The molecule has 103 heavy (non-hydrogen) atoms. The lowest BCUT2D eigenvalue weighted by Gasteiger charge is -2.28. The first-order chi connectivity index (χ1) is 50.4. The van der Waals surface area contributed by atoms with Crippen LogP contribution in [0.15, 0.2) is 335 Å². The highest BCUT2D eigenvalue weighted by atomic mass is 31.2. The van der Waals surface area contributed by atoms with Crippen molar-refractivity contribution in [3.8, 4) is 84.0 Å². The van der Waals surface area contributed by atoms with Crippen LogP contribution in [0.5, 0.6) is 17.2 Å². The van der Waals surface area contributed by atoms with Crippen LogP contribution < -0.4 is 13.6 Å². The Labute approximate surface area is 617 Å². The lowest BCUT2D eigenvalue weighted by molar-refractivity contribution is 0.390. The van der Waals surface area contributed by atoms with Crippen LogP contribution in [0.1, 0.15) is 83.5 Å². The van der Waals surface area contributed by atoms with Crippen LogP contribution in [0.4, 0.5) is 0 Å². The fraction of sp³-hybridized carbons (Fsp3) is 0.152. The van der Waals surface area contributed by atoms with Gasteiger partial charge in [-0.15, -0.1) is 98.7 Å². The molecule has 0 aliphatic rings. The van der Waals surface area contributed by atoms with Crippen molar-refractivity contribution in [1.82, 2.24) is 0 Å². The third-order valence-electron chi connectivity index (χ3n) is 18.5. The lowest BCUT2D eigenvalue weighted by atomic mass is 9.83. The van der Waals surface area contributed by atoms with Crippen LogP contribution in [0.25, 0.3) is 66.8 Å². The SMILES string of the molecule is C=CCc1ccc(-c2c(CC=C)ccc(OP(Oc3ccc(CC=C)c(-c4ccc(CC=C)cc4CC=C)c3-c3ccc(CC=C)cc3CC=C)Oc3ccc(CC=C)c(-c4ccc(CC=C)cc4CC=C)c3-c3ccc(CC=C)cc3CC=C)c2-c2ccc(CC=C)cc2CC=C)c(CC=C)c1. The molecule has 0 unspecified atom stereocenters. The average Bonchev–Trinajstić information content (AvgIpc) is 0.758. The second kappa shape index (κ2) is 38.1. The summed E-state index contributed by atoms with van der Waals surface area (Å²) in [4.78, 5) is 0. The summed E-state index contributed by atoms with van der Waals surface area (Å²) >= 11 is 0. The Kier molecular flexibility index (Phi) is 28.1. The second-order valence-corrected chi connectivity index (χ2v) is 26.8. The molecule has 0 amide bonds. The van der Waals surface area contributed by atoms with E-state index in [0.717, 1.165) is 150 Å². The van der Waals surface area contributed by atoms with Gasteiger partial charge in [-0.05, 0) is 248 Å². The summed E-state index contributed by atoms with van der Waals surface area (Å²) in [6.07, 6.45) is 38.8. The van der Waals surface area contributed by atoms with Gasteiger partial charge in [-0.25, -0.2) is 0 Å². The number of benzene rings is 9. The molecule has 0 spiro atoms. The molecule has 0 saturated heterocycles. The summed E-state index contributed by atoms with van der Waals surface area (Å²) in [6.45, 7) is 63.8. The molecule has 3 nitrogen and oxygen atoms in total. The van der Waals surface area contributed by atoms with Gasteiger partial charge in [-0.2, -0.15) is 0 Å². The minimum absolute atomic E-state index is 0.546. The van der Waals surface area contributed by atoms with E-state index in [0.29, 0.717) is 114 Å². The molecule has 0 aromatic heterocycles. The minimum atomic E-state index is -2.61. The molecule has 9 aromatic rings. The molecule has 9 aromatic carbocycles. The molecule has 0 N–H and O–H groups in total. The zero-order valence-corrected chi connectivity index (χ0v) is 61.3. The van der Waals surface area contributed by atoms with E-state index >= 15 is 0 Å². The molecule has 0 aliphatic carbocycles. The molecule has 0 bridgehead atoms. The standard InChI is InChI=1S/C99H99O3P/c1-16-31-70-46-55-85(79(64-70)40-25-10)94-76(37-22-7)52-61-91(97(94)88-58-49-73(34-19-4)67-82(88)43-28-13)100-103(101-92-62-53-77(38-23-8)95(86-56-47-71(32-17-2)65-80(86)41-26-11)98(92)89-59-50-74(35-20-5)68-83(89)44-29-14)102-93-63-54-78(39-24-9)96(87-57-48-72(33-18-3)66-81(87)42-27-12)99(93)90-60-51-75(36-21-6)69-84(90)45-30-15/h16-30,46-69H,1-15,31-45H2. The van der Waals surface area contributed by atoms with Gasteiger partial charge in [0.05, 0.1) is 0 Å². The Morgan fingerprint density at radius 1 is 0.184 bits per heavy atom. The Bertz CT molecular complexity index is 4250. The van der Waals surface area contributed by atoms with Gasteiger partial charge in [0.25, 0.3) is 0 Å². The summed E-state index contributed by atoms with van der Waals surface area (Å²) in [5.74, 6) is 1.64. The molecule has 4 heteroatoms. The normalized spacial score (nSPS) is 10.8. The van der Waals surface area contributed by atoms with Crippen molar-refractivity contribution in [1.29, 1.82) is 0 Å². The average molecular weight is 1370 g/mol. The van der Waals surface area contributed by atoms with E-state index < -0.39 is 8.60 Å². The quantitative estimate of drug-likeness (QED) is 0.0282. The molecule has 0 aliphatic heterocycles. The largest absolute Gasteiger partial charge is 0.530 e. The van der Waals surface area contributed by atoms with E-state index in [1.54, 1.807) is 0 Å². The van der Waals surface area contributed by atoms with Crippen LogP contribution in [0, 0.1) is 0 Å². The van der Waals surface area contributed by atoms with E-state index in [4.69, 9.17) is 13.6 Å². The molecule has 0 heterocycles. The van der Waals surface area contributed by atoms with E-state index in [1.165, 1.54) is 0 Å². The van der Waals surface area contributed by atoms with Gasteiger partial charge < -0.3 is 13.6 Å². The fourth-order valence-corrected chi connectivity index (χ4v) is 15.2. The Balaban J connectivity index is 1.49. The molecular formula is C99H99O3P. The van der Waals surface area contributed by atoms with E-state index in [1.807, 2.05) is 91.1 Å². The minimum Gasteiger partial charge on any atom is -0.408 e. The first-order valence-electron chi connectivity index (χ1n) is 35.6. The van der Waals surface area contributed by atoms with Crippen molar-refractivity contribution in [2.75, 3.05) is 0 Å². The van der Waals surface area contributed by atoms with Gasteiger partial charge in [0, 0.05) is 16.7 Å². The van der Waals surface area contributed by atoms with Crippen molar-refractivity contribution in [2.45, 2.75) is 96.3 Å². The maximum atomic E-state index is 8.06. The predicted molar refractivity (Wildman–Crippen MR) is 449 cm³/mol. The lowest BCUT2D eigenvalue weighted by Crippen LogP contribution is -2.09. The fourth-order valence-electron chi connectivity index (χ4n) is 14.2. The third-order valence-corrected chi connectivity index (χ3v) is 19.5. The van der Waals surface area contributed by atoms with Gasteiger partial charge in [0.2, 0.25) is 0 Å². The highest BCUT2D eigenvalue weighted by molar-refractivity contribution is 7.43. The van der Waals surface area contributed by atoms with Crippen molar-refractivity contribution < 1.29 is 13.6 Å². The van der Waals surface area contributed by atoms with Gasteiger partial charge in [0.15, 0.2) is 0 Å². The van der Waals surface area contributed by atoms with E-state index in [-0.39, 0.29) is 0 Å².